The van der Waals surface area contributed by atoms with E-state index in [4.69, 9.17) is 16.3 Å². The minimum Gasteiger partial charge on any atom is -0.444 e. The summed E-state index contributed by atoms with van der Waals surface area (Å²) in [7, 11) is 0. The molecule has 0 aromatic heterocycles. The van der Waals surface area contributed by atoms with Crippen molar-refractivity contribution >= 4 is 39.5 Å². The number of likely N-dealkylation sites (tertiary alicyclic amines) is 1. The lowest BCUT2D eigenvalue weighted by molar-refractivity contribution is -0.131. The van der Waals surface area contributed by atoms with Crippen molar-refractivity contribution in [2.75, 3.05) is 13.1 Å². The number of carbonyl (C=O) groups is 2. The molecule has 1 saturated heterocycles. The standard InChI is InChI=1S/C18H24BrClN2O3/c1-18(2,3)25-17(24)21-13-5-4-8-22(11-13)16(23)10-12-6-7-14(19)15(20)9-12/h6-7,9,13H,4-5,8,10-11H2,1-3H3,(H,21,24). The normalized spacial score (nSPS) is 18.0. The van der Waals surface area contributed by atoms with Crippen molar-refractivity contribution in [2.24, 2.45) is 0 Å². The fraction of sp³-hybridized carbons (Fsp3) is 0.556. The Morgan fingerprint density at radius 1 is 1.40 bits per heavy atom. The average molecular weight is 432 g/mol. The molecule has 0 bridgehead atoms. The summed E-state index contributed by atoms with van der Waals surface area (Å²) in [6, 6.07) is 5.44. The van der Waals surface area contributed by atoms with Gasteiger partial charge in [-0.2, -0.15) is 0 Å². The molecule has 0 aliphatic carbocycles. The smallest absolute Gasteiger partial charge is 0.407 e. The van der Waals surface area contributed by atoms with Crippen LogP contribution in [-0.2, 0) is 16.0 Å². The summed E-state index contributed by atoms with van der Waals surface area (Å²) in [5.41, 5.74) is 0.343. The number of alkyl carbamates (subject to hydrolysis) is 1. The van der Waals surface area contributed by atoms with E-state index in [1.807, 2.05) is 32.9 Å². The molecule has 1 aromatic carbocycles. The number of nitrogens with one attached hydrogen (secondary N) is 1. The molecule has 0 radical (unpaired) electrons. The first-order valence-corrected chi connectivity index (χ1v) is 9.52. The number of carbonyl (C=O) groups excluding carboxylic acids is 2. The topological polar surface area (TPSA) is 58.6 Å². The molecule has 1 N–H and O–H groups in total. The quantitative estimate of drug-likeness (QED) is 0.782. The van der Waals surface area contributed by atoms with Crippen LogP contribution < -0.4 is 5.32 Å². The second-order valence-electron chi connectivity index (χ2n) is 7.25. The van der Waals surface area contributed by atoms with Crippen molar-refractivity contribution in [2.45, 2.75) is 51.7 Å². The zero-order valence-corrected chi connectivity index (χ0v) is 17.1. The van der Waals surface area contributed by atoms with Crippen LogP contribution in [0.25, 0.3) is 0 Å². The van der Waals surface area contributed by atoms with Crippen LogP contribution in [0.2, 0.25) is 5.02 Å². The monoisotopic (exact) mass is 430 g/mol. The molecule has 1 unspecified atom stereocenters. The van der Waals surface area contributed by atoms with E-state index >= 15 is 0 Å². The van der Waals surface area contributed by atoms with Crippen molar-refractivity contribution in [3.05, 3.63) is 33.3 Å². The first kappa shape index (κ1) is 20.0. The second kappa shape index (κ2) is 8.41. The summed E-state index contributed by atoms with van der Waals surface area (Å²) in [5, 5.41) is 3.45. The number of amides is 2. The Labute approximate surface area is 162 Å². The van der Waals surface area contributed by atoms with Crippen LogP contribution in [0.15, 0.2) is 22.7 Å². The predicted octanol–water partition coefficient (Wildman–Crippen LogP) is 4.16. The Hall–Kier alpha value is -1.27. The Morgan fingerprint density at radius 3 is 2.76 bits per heavy atom. The average Bonchev–Trinajstić information content (AvgIpc) is 2.49. The van der Waals surface area contributed by atoms with Crippen molar-refractivity contribution in [1.29, 1.82) is 0 Å². The number of halogens is 2. The predicted molar refractivity (Wildman–Crippen MR) is 102 cm³/mol. The van der Waals surface area contributed by atoms with Crippen LogP contribution in [0.4, 0.5) is 4.79 Å². The Kier molecular flexibility index (Phi) is 6.74. The number of benzene rings is 1. The Balaban J connectivity index is 1.90. The zero-order valence-electron chi connectivity index (χ0n) is 14.8. The summed E-state index contributed by atoms with van der Waals surface area (Å²) in [6.07, 6.45) is 1.55. The molecule has 5 nitrogen and oxygen atoms in total. The van der Waals surface area contributed by atoms with Crippen molar-refractivity contribution in [1.82, 2.24) is 10.2 Å². The van der Waals surface area contributed by atoms with Gasteiger partial charge in [0.15, 0.2) is 0 Å². The van der Waals surface area contributed by atoms with Crippen molar-refractivity contribution in [3.8, 4) is 0 Å². The van der Waals surface area contributed by atoms with E-state index in [9.17, 15) is 9.59 Å². The van der Waals surface area contributed by atoms with Gasteiger partial charge in [-0.1, -0.05) is 17.7 Å². The molecule has 0 saturated carbocycles. The highest BCUT2D eigenvalue weighted by molar-refractivity contribution is 9.10. The molecule has 2 rings (SSSR count). The summed E-state index contributed by atoms with van der Waals surface area (Å²) >= 11 is 9.43. The summed E-state index contributed by atoms with van der Waals surface area (Å²) in [5.74, 6) is 0.0362. The molecule has 0 spiro atoms. The summed E-state index contributed by atoms with van der Waals surface area (Å²) < 4.78 is 6.09. The van der Waals surface area contributed by atoms with Crippen LogP contribution in [0, 0.1) is 0 Å². The number of hydrogen-bond acceptors (Lipinski definition) is 3. The maximum absolute atomic E-state index is 12.6. The highest BCUT2D eigenvalue weighted by Gasteiger charge is 2.26. The third-order valence-electron chi connectivity index (χ3n) is 3.83. The Morgan fingerprint density at radius 2 is 2.12 bits per heavy atom. The minimum atomic E-state index is -0.533. The molecule has 1 heterocycles. The molecule has 1 aliphatic rings. The van der Waals surface area contributed by atoms with Crippen molar-refractivity contribution < 1.29 is 14.3 Å². The molecular weight excluding hydrogens is 408 g/mol. The van der Waals surface area contributed by atoms with E-state index in [0.29, 0.717) is 24.5 Å². The fourth-order valence-electron chi connectivity index (χ4n) is 2.73. The molecule has 7 heteroatoms. The highest BCUT2D eigenvalue weighted by atomic mass is 79.9. The number of rotatable bonds is 3. The largest absolute Gasteiger partial charge is 0.444 e. The van der Waals surface area contributed by atoms with Crippen LogP contribution in [0.5, 0.6) is 0 Å². The molecule has 1 fully saturated rings. The number of ether oxygens (including phenoxy) is 1. The number of hydrogen-bond donors (Lipinski definition) is 1. The maximum atomic E-state index is 12.6. The lowest BCUT2D eigenvalue weighted by atomic mass is 10.0. The van der Waals surface area contributed by atoms with Gasteiger partial charge in [0.2, 0.25) is 5.91 Å². The molecular formula is C18H24BrClN2O3. The number of piperidine rings is 1. The van der Waals surface area contributed by atoms with Gasteiger partial charge < -0.3 is 15.0 Å². The van der Waals surface area contributed by atoms with E-state index in [1.165, 1.54) is 0 Å². The zero-order chi connectivity index (χ0) is 18.6. The van der Waals surface area contributed by atoms with E-state index in [1.54, 1.807) is 11.0 Å². The second-order valence-corrected chi connectivity index (χ2v) is 8.51. The van der Waals surface area contributed by atoms with Crippen LogP contribution in [-0.4, -0.2) is 41.6 Å². The van der Waals surface area contributed by atoms with Gasteiger partial charge in [-0.3, -0.25) is 4.79 Å². The van der Waals surface area contributed by atoms with Crippen LogP contribution in [0.1, 0.15) is 39.2 Å². The third-order valence-corrected chi connectivity index (χ3v) is 5.07. The van der Waals surface area contributed by atoms with E-state index in [2.05, 4.69) is 21.2 Å². The first-order chi connectivity index (χ1) is 11.6. The molecule has 1 aromatic rings. The van der Waals surface area contributed by atoms with Gasteiger partial charge in [-0.25, -0.2) is 4.79 Å². The first-order valence-electron chi connectivity index (χ1n) is 8.35. The maximum Gasteiger partial charge on any atom is 0.407 e. The van der Waals surface area contributed by atoms with Gasteiger partial charge in [0, 0.05) is 23.6 Å². The van der Waals surface area contributed by atoms with Gasteiger partial charge in [-0.05, 0) is 67.2 Å². The van der Waals surface area contributed by atoms with Crippen molar-refractivity contribution in [3.63, 3.8) is 0 Å². The lowest BCUT2D eigenvalue weighted by Crippen LogP contribution is -2.50. The molecule has 2 amide bonds. The van der Waals surface area contributed by atoms with E-state index < -0.39 is 11.7 Å². The minimum absolute atomic E-state index is 0.0362. The fourth-order valence-corrected chi connectivity index (χ4v) is 3.18. The molecule has 1 aliphatic heterocycles. The van der Waals surface area contributed by atoms with Gasteiger partial charge in [0.25, 0.3) is 0 Å². The van der Waals surface area contributed by atoms with Gasteiger partial charge in [0.1, 0.15) is 5.60 Å². The molecule has 1 atom stereocenters. The molecule has 138 valence electrons. The van der Waals surface area contributed by atoms with E-state index in [0.717, 1.165) is 22.9 Å². The van der Waals surface area contributed by atoms with Gasteiger partial charge in [-0.15, -0.1) is 0 Å². The molecule has 25 heavy (non-hydrogen) atoms. The third kappa shape index (κ3) is 6.51. The SMILES string of the molecule is CC(C)(C)OC(=O)NC1CCCN(C(=O)Cc2ccc(Br)c(Cl)c2)C1. The van der Waals surface area contributed by atoms with Gasteiger partial charge in [0.05, 0.1) is 11.4 Å². The van der Waals surface area contributed by atoms with Crippen LogP contribution in [0.3, 0.4) is 0 Å². The Bertz CT molecular complexity index is 646. The number of nitrogens with zero attached hydrogens (tertiary/aromatic N) is 1. The van der Waals surface area contributed by atoms with Crippen LogP contribution >= 0.6 is 27.5 Å². The summed E-state index contributed by atoms with van der Waals surface area (Å²) in [6.45, 7) is 6.68. The lowest BCUT2D eigenvalue weighted by Gasteiger charge is -2.33. The van der Waals surface area contributed by atoms with E-state index in [-0.39, 0.29) is 11.9 Å². The van der Waals surface area contributed by atoms with Gasteiger partial charge >= 0.3 is 6.09 Å². The summed E-state index contributed by atoms with van der Waals surface area (Å²) in [4.78, 5) is 26.3. The highest BCUT2D eigenvalue weighted by Crippen LogP contribution is 2.24.